The maximum atomic E-state index is 5.64. The van der Waals surface area contributed by atoms with Gasteiger partial charge in [-0.3, -0.25) is 4.99 Å². The summed E-state index contributed by atoms with van der Waals surface area (Å²) in [5, 5.41) is 19.5. The van der Waals surface area contributed by atoms with Crippen LogP contribution in [0.25, 0.3) is 39.1 Å². The quantitative estimate of drug-likeness (QED) is 0.304. The standard InChI is InChI=1S/C25H26N6O2/c1-3-5-6-11-16-26-24-17(4-2)23(22-18-12-7-9-14-20(18)32-28-22)31(30-27-24)25-19-13-8-10-15-21(19)33-29-25/h7-10,12-15H,3-6,11,16H2,1-2H3. The zero-order chi connectivity index (χ0) is 22.6. The second-order valence-electron chi connectivity index (χ2n) is 7.98. The number of hydrogen-bond donors (Lipinski definition) is 0. The van der Waals surface area contributed by atoms with E-state index in [0.29, 0.717) is 34.6 Å². The zero-order valence-electron chi connectivity index (χ0n) is 18.9. The van der Waals surface area contributed by atoms with Gasteiger partial charge in [0.25, 0.3) is 0 Å². The van der Waals surface area contributed by atoms with Gasteiger partial charge in [0, 0.05) is 12.1 Å². The molecule has 0 N–H and O–H groups in total. The topological polar surface area (TPSA) is 95.1 Å². The highest BCUT2D eigenvalue weighted by Crippen LogP contribution is 2.32. The highest BCUT2D eigenvalue weighted by atomic mass is 16.5. The molecule has 3 aromatic heterocycles. The van der Waals surface area contributed by atoms with Crippen molar-refractivity contribution in [3.05, 3.63) is 59.6 Å². The van der Waals surface area contributed by atoms with Gasteiger partial charge in [0.15, 0.2) is 16.7 Å². The second-order valence-corrected chi connectivity index (χ2v) is 7.98. The number of benzene rings is 2. The Hall–Kier alpha value is -3.81. The van der Waals surface area contributed by atoms with E-state index in [1.54, 1.807) is 4.68 Å². The molecule has 168 valence electrons. The summed E-state index contributed by atoms with van der Waals surface area (Å²) in [5.74, 6) is 0.560. The Labute approximate surface area is 190 Å². The molecule has 0 spiro atoms. The first-order chi connectivity index (χ1) is 16.3. The van der Waals surface area contributed by atoms with Crippen molar-refractivity contribution in [2.75, 3.05) is 6.54 Å². The van der Waals surface area contributed by atoms with Gasteiger partial charge in [-0.05, 0) is 37.1 Å². The van der Waals surface area contributed by atoms with E-state index in [0.717, 1.165) is 41.4 Å². The molecule has 0 radical (unpaired) electrons. The summed E-state index contributed by atoms with van der Waals surface area (Å²) >= 11 is 0. The Morgan fingerprint density at radius 2 is 1.58 bits per heavy atom. The van der Waals surface area contributed by atoms with E-state index in [1.165, 1.54) is 12.8 Å². The molecular formula is C25H26N6O2. The van der Waals surface area contributed by atoms with Gasteiger partial charge in [-0.25, -0.2) is 0 Å². The molecule has 0 aliphatic rings. The van der Waals surface area contributed by atoms with Crippen LogP contribution in [0, 0.1) is 0 Å². The minimum atomic E-state index is 0.560. The molecule has 0 fully saturated rings. The van der Waals surface area contributed by atoms with Crippen LogP contribution in [-0.2, 0) is 6.42 Å². The molecule has 5 rings (SSSR count). The van der Waals surface area contributed by atoms with Crippen LogP contribution in [0.3, 0.4) is 0 Å². The number of fused-ring (bicyclic) bond motifs is 2. The van der Waals surface area contributed by atoms with E-state index in [9.17, 15) is 0 Å². The minimum Gasteiger partial charge on any atom is -0.356 e. The van der Waals surface area contributed by atoms with Crippen LogP contribution in [0.1, 0.15) is 45.1 Å². The maximum Gasteiger partial charge on any atom is 0.206 e. The van der Waals surface area contributed by atoms with Gasteiger partial charge in [0.2, 0.25) is 5.82 Å². The summed E-state index contributed by atoms with van der Waals surface area (Å²) in [5.41, 5.74) is 4.43. The molecule has 2 aromatic carbocycles. The molecule has 3 heterocycles. The molecule has 5 aromatic rings. The van der Waals surface area contributed by atoms with Crippen molar-refractivity contribution in [1.82, 2.24) is 25.3 Å². The van der Waals surface area contributed by atoms with E-state index >= 15 is 0 Å². The molecule has 33 heavy (non-hydrogen) atoms. The van der Waals surface area contributed by atoms with Crippen LogP contribution in [0.15, 0.2) is 62.6 Å². The van der Waals surface area contributed by atoms with Crippen molar-refractivity contribution in [1.29, 1.82) is 0 Å². The van der Waals surface area contributed by atoms with E-state index in [2.05, 4.69) is 34.5 Å². The molecule has 0 atom stereocenters. The second kappa shape index (κ2) is 9.36. The molecule has 0 saturated carbocycles. The van der Waals surface area contributed by atoms with E-state index in [4.69, 9.17) is 14.0 Å². The molecule has 0 unspecified atom stereocenters. The molecular weight excluding hydrogens is 416 g/mol. The molecule has 0 aliphatic heterocycles. The highest BCUT2D eigenvalue weighted by Gasteiger charge is 2.23. The summed E-state index contributed by atoms with van der Waals surface area (Å²) in [6, 6.07) is 15.5. The van der Waals surface area contributed by atoms with Crippen LogP contribution in [0.4, 0.5) is 0 Å². The van der Waals surface area contributed by atoms with Gasteiger partial charge in [-0.1, -0.05) is 72.9 Å². The van der Waals surface area contributed by atoms with Crippen molar-refractivity contribution in [3.8, 4) is 17.2 Å². The summed E-state index contributed by atoms with van der Waals surface area (Å²) in [7, 11) is 0. The fraction of sp³-hybridized carbons (Fsp3) is 0.320. The van der Waals surface area contributed by atoms with E-state index in [1.807, 2.05) is 48.5 Å². The highest BCUT2D eigenvalue weighted by molar-refractivity contribution is 5.92. The SMILES string of the molecule is CCCCCCN=c1nnn(-c2noc3ccccc23)c(-c2noc3ccccc23)c1CC. The number of nitrogens with zero attached hydrogens (tertiary/aromatic N) is 6. The van der Waals surface area contributed by atoms with Gasteiger partial charge in [0.05, 0.1) is 10.8 Å². The number of hydrogen-bond acceptors (Lipinski definition) is 7. The predicted molar refractivity (Wildman–Crippen MR) is 126 cm³/mol. The Balaban J connectivity index is 1.74. The minimum absolute atomic E-state index is 0.560. The van der Waals surface area contributed by atoms with Crippen LogP contribution in [0.2, 0.25) is 0 Å². The third-order valence-electron chi connectivity index (χ3n) is 5.78. The molecule has 8 nitrogen and oxygen atoms in total. The monoisotopic (exact) mass is 442 g/mol. The van der Waals surface area contributed by atoms with Gasteiger partial charge in [-0.2, -0.15) is 4.68 Å². The van der Waals surface area contributed by atoms with Gasteiger partial charge < -0.3 is 9.05 Å². The van der Waals surface area contributed by atoms with Gasteiger partial charge in [0.1, 0.15) is 11.4 Å². The third kappa shape index (κ3) is 3.92. The summed E-state index contributed by atoms with van der Waals surface area (Å²) in [4.78, 5) is 4.80. The third-order valence-corrected chi connectivity index (χ3v) is 5.78. The van der Waals surface area contributed by atoms with Crippen LogP contribution in [-0.4, -0.2) is 31.9 Å². The average Bonchev–Trinajstić information content (AvgIpc) is 3.48. The predicted octanol–water partition coefficient (Wildman–Crippen LogP) is 5.26. The Bertz CT molecular complexity index is 1460. The van der Waals surface area contributed by atoms with Crippen molar-refractivity contribution >= 4 is 21.9 Å². The van der Waals surface area contributed by atoms with E-state index in [-0.39, 0.29) is 0 Å². The zero-order valence-corrected chi connectivity index (χ0v) is 18.9. The Morgan fingerprint density at radius 1 is 0.848 bits per heavy atom. The van der Waals surface area contributed by atoms with Gasteiger partial charge in [-0.15, -0.1) is 5.10 Å². The number of aromatic nitrogens is 5. The molecule has 0 amide bonds. The van der Waals surface area contributed by atoms with Crippen molar-refractivity contribution in [2.45, 2.75) is 46.0 Å². The summed E-state index contributed by atoms with van der Waals surface area (Å²) < 4.78 is 12.9. The fourth-order valence-electron chi connectivity index (χ4n) is 4.08. The van der Waals surface area contributed by atoms with Crippen LogP contribution in [0.5, 0.6) is 0 Å². The largest absolute Gasteiger partial charge is 0.356 e. The van der Waals surface area contributed by atoms with Crippen molar-refractivity contribution < 1.29 is 9.05 Å². The maximum absolute atomic E-state index is 5.64. The lowest BCUT2D eigenvalue weighted by Gasteiger charge is -2.12. The van der Waals surface area contributed by atoms with Crippen molar-refractivity contribution in [2.24, 2.45) is 4.99 Å². The number of unbranched alkanes of at least 4 members (excludes halogenated alkanes) is 3. The van der Waals surface area contributed by atoms with Crippen molar-refractivity contribution in [3.63, 3.8) is 0 Å². The number of para-hydroxylation sites is 2. The Morgan fingerprint density at radius 3 is 2.36 bits per heavy atom. The Kier molecular flexibility index (Phi) is 5.97. The molecule has 0 saturated heterocycles. The lowest BCUT2D eigenvalue weighted by molar-refractivity contribution is 0.445. The smallest absolute Gasteiger partial charge is 0.206 e. The van der Waals surface area contributed by atoms with Crippen LogP contribution < -0.4 is 5.49 Å². The fourth-order valence-corrected chi connectivity index (χ4v) is 4.08. The van der Waals surface area contributed by atoms with E-state index < -0.39 is 0 Å². The first-order valence-corrected chi connectivity index (χ1v) is 11.5. The lowest BCUT2D eigenvalue weighted by Crippen LogP contribution is -2.24. The summed E-state index contributed by atoms with van der Waals surface area (Å²) in [6.45, 7) is 5.01. The average molecular weight is 443 g/mol. The number of rotatable bonds is 8. The first kappa shape index (κ1) is 21.1. The molecule has 8 heteroatoms. The van der Waals surface area contributed by atoms with Crippen LogP contribution >= 0.6 is 0 Å². The molecule has 0 bridgehead atoms. The first-order valence-electron chi connectivity index (χ1n) is 11.5. The van der Waals surface area contributed by atoms with Gasteiger partial charge >= 0.3 is 0 Å². The normalized spacial score (nSPS) is 12.2. The summed E-state index contributed by atoms with van der Waals surface area (Å²) in [6.07, 6.45) is 5.30. The lowest BCUT2D eigenvalue weighted by atomic mass is 10.1. The molecule has 0 aliphatic carbocycles.